The van der Waals surface area contributed by atoms with Gasteiger partial charge in [0, 0.05) is 15.8 Å². The van der Waals surface area contributed by atoms with Gasteiger partial charge in [-0.05, 0) is 42.8 Å². The first-order chi connectivity index (χ1) is 8.06. The van der Waals surface area contributed by atoms with Crippen LogP contribution >= 0.6 is 15.9 Å². The van der Waals surface area contributed by atoms with Gasteiger partial charge in [0.1, 0.15) is 5.82 Å². The summed E-state index contributed by atoms with van der Waals surface area (Å²) in [5, 5.41) is 3.03. The highest BCUT2D eigenvalue weighted by Crippen LogP contribution is 2.26. The molecule has 0 aromatic heterocycles. The number of aryl methyl sites for hydroxylation is 1. The maximum atomic E-state index is 13.6. The van der Waals surface area contributed by atoms with E-state index in [1.165, 1.54) is 6.07 Å². The van der Waals surface area contributed by atoms with Gasteiger partial charge in [-0.2, -0.15) is 0 Å². The number of halogens is 2. The van der Waals surface area contributed by atoms with Crippen LogP contribution in [0.15, 0.2) is 40.9 Å². The quantitative estimate of drug-likeness (QED) is 0.814. The Labute approximate surface area is 108 Å². The molecule has 0 radical (unpaired) electrons. The van der Waals surface area contributed by atoms with E-state index in [4.69, 9.17) is 5.73 Å². The van der Waals surface area contributed by atoms with E-state index in [0.29, 0.717) is 15.8 Å². The van der Waals surface area contributed by atoms with Crippen LogP contribution in [0.25, 0.3) is 0 Å². The minimum absolute atomic E-state index is 0.304. The summed E-state index contributed by atoms with van der Waals surface area (Å²) in [6, 6.07) is 10.4. The number of hydrogen-bond donors (Lipinski definition) is 2. The number of rotatable bonds is 2. The zero-order valence-electron chi connectivity index (χ0n) is 9.30. The molecule has 0 fully saturated rings. The smallest absolute Gasteiger partial charge is 0.147 e. The monoisotopic (exact) mass is 294 g/mol. The minimum atomic E-state index is -0.304. The lowest BCUT2D eigenvalue weighted by Crippen LogP contribution is -1.97. The van der Waals surface area contributed by atoms with Crippen molar-refractivity contribution in [2.75, 3.05) is 11.1 Å². The lowest BCUT2D eigenvalue weighted by Gasteiger charge is -2.11. The number of nitrogens with two attached hydrogens (primary N) is 1. The van der Waals surface area contributed by atoms with Crippen molar-refractivity contribution in [3.8, 4) is 0 Å². The zero-order chi connectivity index (χ0) is 12.4. The lowest BCUT2D eigenvalue weighted by atomic mass is 10.1. The number of anilines is 3. The van der Waals surface area contributed by atoms with E-state index in [9.17, 15) is 4.39 Å². The number of nitrogens with one attached hydrogen (secondary N) is 1. The Hall–Kier alpha value is -1.55. The van der Waals surface area contributed by atoms with E-state index >= 15 is 0 Å². The molecule has 2 rings (SSSR count). The molecule has 88 valence electrons. The molecule has 0 saturated carbocycles. The van der Waals surface area contributed by atoms with E-state index in [0.717, 1.165) is 11.3 Å². The highest BCUT2D eigenvalue weighted by Gasteiger charge is 2.05. The summed E-state index contributed by atoms with van der Waals surface area (Å²) in [5.41, 5.74) is 8.61. The average molecular weight is 295 g/mol. The van der Waals surface area contributed by atoms with Crippen LogP contribution in [0.2, 0.25) is 0 Å². The molecule has 4 heteroatoms. The molecule has 0 aliphatic rings. The topological polar surface area (TPSA) is 38.0 Å². The summed E-state index contributed by atoms with van der Waals surface area (Å²) < 4.78 is 14.4. The molecule has 0 unspecified atom stereocenters. The molecule has 0 amide bonds. The van der Waals surface area contributed by atoms with Crippen LogP contribution in [0.1, 0.15) is 5.56 Å². The second-order valence-electron chi connectivity index (χ2n) is 3.82. The van der Waals surface area contributed by atoms with Crippen molar-refractivity contribution in [3.63, 3.8) is 0 Å². The van der Waals surface area contributed by atoms with Gasteiger partial charge in [-0.25, -0.2) is 4.39 Å². The molecule has 2 aromatic carbocycles. The summed E-state index contributed by atoms with van der Waals surface area (Å²) >= 11 is 3.22. The predicted octanol–water partition coefficient (Wildman–Crippen LogP) is 4.22. The maximum Gasteiger partial charge on any atom is 0.147 e. The van der Waals surface area contributed by atoms with Crippen LogP contribution in [-0.4, -0.2) is 0 Å². The van der Waals surface area contributed by atoms with Crippen LogP contribution in [0.3, 0.4) is 0 Å². The van der Waals surface area contributed by atoms with Gasteiger partial charge in [0.05, 0.1) is 5.69 Å². The molecule has 0 aliphatic carbocycles. The fourth-order valence-electron chi connectivity index (χ4n) is 1.51. The van der Waals surface area contributed by atoms with Crippen molar-refractivity contribution in [1.29, 1.82) is 0 Å². The third-order valence-electron chi connectivity index (χ3n) is 2.46. The molecular formula is C13H12BrFN2. The van der Waals surface area contributed by atoms with Crippen LogP contribution < -0.4 is 11.1 Å². The van der Waals surface area contributed by atoms with Crippen molar-refractivity contribution >= 4 is 33.0 Å². The van der Waals surface area contributed by atoms with Gasteiger partial charge >= 0.3 is 0 Å². The molecule has 0 atom stereocenters. The molecule has 2 nitrogen and oxygen atoms in total. The molecular weight excluding hydrogens is 283 g/mol. The summed E-state index contributed by atoms with van der Waals surface area (Å²) in [6.45, 7) is 1.94. The minimum Gasteiger partial charge on any atom is -0.399 e. The number of nitrogen functional groups attached to an aromatic ring is 1. The highest BCUT2D eigenvalue weighted by molar-refractivity contribution is 9.10. The zero-order valence-corrected chi connectivity index (χ0v) is 10.9. The van der Waals surface area contributed by atoms with E-state index in [-0.39, 0.29) is 5.82 Å². The van der Waals surface area contributed by atoms with Crippen LogP contribution in [-0.2, 0) is 0 Å². The van der Waals surface area contributed by atoms with Gasteiger partial charge in [0.2, 0.25) is 0 Å². The molecule has 2 aromatic rings. The Morgan fingerprint density at radius 3 is 2.59 bits per heavy atom. The molecule has 0 saturated heterocycles. The predicted molar refractivity (Wildman–Crippen MR) is 73.0 cm³/mol. The summed E-state index contributed by atoms with van der Waals surface area (Å²) in [6.07, 6.45) is 0. The van der Waals surface area contributed by atoms with Crippen molar-refractivity contribution in [2.45, 2.75) is 6.92 Å². The lowest BCUT2D eigenvalue weighted by molar-refractivity contribution is 0.631. The molecule has 0 aliphatic heterocycles. The van der Waals surface area contributed by atoms with Crippen molar-refractivity contribution in [1.82, 2.24) is 0 Å². The average Bonchev–Trinajstić information content (AvgIpc) is 2.27. The fourth-order valence-corrected chi connectivity index (χ4v) is 1.84. The van der Waals surface area contributed by atoms with Gasteiger partial charge in [-0.15, -0.1) is 0 Å². The van der Waals surface area contributed by atoms with Crippen molar-refractivity contribution in [3.05, 3.63) is 52.3 Å². The molecule has 17 heavy (non-hydrogen) atoms. The van der Waals surface area contributed by atoms with Gasteiger partial charge in [0.25, 0.3) is 0 Å². The number of benzene rings is 2. The molecule has 0 heterocycles. The highest BCUT2D eigenvalue weighted by atomic mass is 79.9. The second kappa shape index (κ2) is 4.75. The summed E-state index contributed by atoms with van der Waals surface area (Å²) in [7, 11) is 0. The Morgan fingerprint density at radius 1 is 1.12 bits per heavy atom. The second-order valence-corrected chi connectivity index (χ2v) is 4.74. The van der Waals surface area contributed by atoms with Gasteiger partial charge in [-0.3, -0.25) is 0 Å². The van der Waals surface area contributed by atoms with Crippen LogP contribution in [0.5, 0.6) is 0 Å². The number of hydrogen-bond acceptors (Lipinski definition) is 2. The van der Waals surface area contributed by atoms with E-state index in [1.807, 2.05) is 19.1 Å². The van der Waals surface area contributed by atoms with Crippen molar-refractivity contribution in [2.24, 2.45) is 0 Å². The Kier molecular flexibility index (Phi) is 3.33. The van der Waals surface area contributed by atoms with Crippen LogP contribution in [0, 0.1) is 12.7 Å². The first kappa shape index (κ1) is 11.9. The molecule has 0 spiro atoms. The standard InChI is InChI=1S/C13H12BrFN2/c1-8-2-4-10(16)7-13(8)17-12-5-3-9(14)6-11(12)15/h2-7,17H,16H2,1H3. The fraction of sp³-hybridized carbons (Fsp3) is 0.0769. The largest absolute Gasteiger partial charge is 0.399 e. The Morgan fingerprint density at radius 2 is 1.88 bits per heavy atom. The van der Waals surface area contributed by atoms with Gasteiger partial charge < -0.3 is 11.1 Å². The summed E-state index contributed by atoms with van der Waals surface area (Å²) in [4.78, 5) is 0. The van der Waals surface area contributed by atoms with Gasteiger partial charge in [0.15, 0.2) is 0 Å². The SMILES string of the molecule is Cc1ccc(N)cc1Nc1ccc(Br)cc1F. The van der Waals surface area contributed by atoms with Crippen LogP contribution in [0.4, 0.5) is 21.5 Å². The van der Waals surface area contributed by atoms with Crippen molar-refractivity contribution < 1.29 is 4.39 Å². The molecule has 3 N–H and O–H groups in total. The van der Waals surface area contributed by atoms with E-state index in [2.05, 4.69) is 21.2 Å². The van der Waals surface area contributed by atoms with E-state index in [1.54, 1.807) is 18.2 Å². The Bertz CT molecular complexity index is 555. The summed E-state index contributed by atoms with van der Waals surface area (Å²) in [5.74, 6) is -0.304. The Balaban J connectivity index is 2.34. The first-order valence-electron chi connectivity index (χ1n) is 5.14. The first-order valence-corrected chi connectivity index (χ1v) is 5.94. The maximum absolute atomic E-state index is 13.6. The third kappa shape index (κ3) is 2.77. The normalized spacial score (nSPS) is 10.3. The van der Waals surface area contributed by atoms with E-state index < -0.39 is 0 Å². The third-order valence-corrected chi connectivity index (χ3v) is 2.96. The molecule has 0 bridgehead atoms. The van der Waals surface area contributed by atoms with Gasteiger partial charge in [-0.1, -0.05) is 22.0 Å².